The fraction of sp³-hybridized carbons (Fsp3) is 0.355. The average molecular weight is 643 g/mol. The van der Waals surface area contributed by atoms with Gasteiger partial charge in [-0.25, -0.2) is 4.39 Å². The Labute approximate surface area is 260 Å². The van der Waals surface area contributed by atoms with E-state index in [4.69, 9.17) is 11.6 Å². The van der Waals surface area contributed by atoms with Gasteiger partial charge < -0.3 is 15.5 Å². The lowest BCUT2D eigenvalue weighted by molar-refractivity contribution is -0.137. The van der Waals surface area contributed by atoms with Crippen LogP contribution in [0.2, 0.25) is 5.02 Å². The lowest BCUT2D eigenvalue weighted by atomic mass is 9.76. The Balaban J connectivity index is 1.05. The maximum Gasteiger partial charge on any atom is 0.416 e. The van der Waals surface area contributed by atoms with Crippen LogP contribution in [0, 0.1) is 23.6 Å². The minimum Gasteiger partial charge on any atom is -0.374 e. The first kappa shape index (κ1) is 30.5. The molecule has 3 aromatic rings. The summed E-state index contributed by atoms with van der Waals surface area (Å²) >= 11 is 6.04. The number of nitrogens with one attached hydrogen (secondary N) is 3. The smallest absolute Gasteiger partial charge is 0.374 e. The highest BCUT2D eigenvalue weighted by Crippen LogP contribution is 2.41. The normalized spacial score (nSPS) is 19.5. The number of nitrogens with zero attached hydrogens (tertiary/aromatic N) is 3. The molecule has 0 spiro atoms. The number of carbonyl (C=O) groups excluding carboxylic acids is 3. The molecule has 1 aromatic heterocycles. The van der Waals surface area contributed by atoms with Gasteiger partial charge in [0.2, 0.25) is 11.8 Å². The fourth-order valence-electron chi connectivity index (χ4n) is 5.56. The van der Waals surface area contributed by atoms with E-state index in [0.29, 0.717) is 49.3 Å². The molecule has 14 heteroatoms. The highest BCUT2D eigenvalue weighted by Gasteiger charge is 2.47. The number of benzene rings is 2. The first-order valence-corrected chi connectivity index (χ1v) is 14.7. The van der Waals surface area contributed by atoms with Crippen LogP contribution in [0.3, 0.4) is 0 Å². The van der Waals surface area contributed by atoms with Gasteiger partial charge >= 0.3 is 6.18 Å². The molecule has 45 heavy (non-hydrogen) atoms. The van der Waals surface area contributed by atoms with Crippen molar-refractivity contribution in [1.29, 1.82) is 0 Å². The Hall–Kier alpha value is -4.57. The van der Waals surface area contributed by atoms with Gasteiger partial charge in [-0.05, 0) is 62.1 Å². The van der Waals surface area contributed by atoms with E-state index >= 15 is 0 Å². The number of alkyl halides is 3. The van der Waals surface area contributed by atoms with E-state index in [1.165, 1.54) is 6.07 Å². The van der Waals surface area contributed by atoms with Crippen LogP contribution in [0.4, 0.5) is 34.6 Å². The second-order valence-electron chi connectivity index (χ2n) is 11.4. The van der Waals surface area contributed by atoms with E-state index < -0.39 is 41.0 Å². The molecule has 3 heterocycles. The number of hydrogen-bond acceptors (Lipinski definition) is 6. The van der Waals surface area contributed by atoms with Crippen molar-refractivity contribution in [1.82, 2.24) is 15.1 Å². The van der Waals surface area contributed by atoms with Crippen molar-refractivity contribution < 1.29 is 31.9 Å². The van der Waals surface area contributed by atoms with Crippen molar-refractivity contribution in [3.05, 3.63) is 70.8 Å². The zero-order valence-corrected chi connectivity index (χ0v) is 24.4. The molecular formula is C31H27ClF4N6O3. The first-order chi connectivity index (χ1) is 21.4. The lowest BCUT2D eigenvalue weighted by Crippen LogP contribution is -2.51. The van der Waals surface area contributed by atoms with E-state index in [-0.39, 0.29) is 29.0 Å². The van der Waals surface area contributed by atoms with Gasteiger partial charge in [0.05, 0.1) is 39.6 Å². The minimum absolute atomic E-state index is 0.0169. The van der Waals surface area contributed by atoms with Gasteiger partial charge in [0.25, 0.3) is 5.91 Å². The number of aromatic nitrogens is 2. The zero-order valence-electron chi connectivity index (χ0n) is 23.7. The van der Waals surface area contributed by atoms with E-state index in [1.807, 2.05) is 4.90 Å². The predicted octanol–water partition coefficient (Wildman–Crippen LogP) is 4.92. The van der Waals surface area contributed by atoms with Crippen LogP contribution in [0.15, 0.2) is 48.8 Å². The molecule has 2 aliphatic heterocycles. The molecule has 1 saturated carbocycles. The average Bonchev–Trinajstić information content (AvgIpc) is 3.39. The van der Waals surface area contributed by atoms with Crippen molar-refractivity contribution in [3.63, 3.8) is 0 Å². The van der Waals surface area contributed by atoms with E-state index in [9.17, 15) is 31.9 Å². The summed E-state index contributed by atoms with van der Waals surface area (Å²) in [6.45, 7) is 1.02. The van der Waals surface area contributed by atoms with Crippen molar-refractivity contribution >= 4 is 46.4 Å². The summed E-state index contributed by atoms with van der Waals surface area (Å²) in [7, 11) is 0. The highest BCUT2D eigenvalue weighted by molar-refractivity contribution is 6.33. The lowest BCUT2D eigenvalue weighted by Gasteiger charge is -2.40. The number of carbonyl (C=O) groups is 3. The number of halogens is 5. The molecule has 2 saturated heterocycles. The predicted molar refractivity (Wildman–Crippen MR) is 158 cm³/mol. The molecule has 0 radical (unpaired) electrons. The molecule has 6 rings (SSSR count). The van der Waals surface area contributed by atoms with Crippen molar-refractivity contribution in [3.8, 4) is 11.8 Å². The molecular weight excluding hydrogens is 616 g/mol. The summed E-state index contributed by atoms with van der Waals surface area (Å²) in [4.78, 5) is 38.4. The third kappa shape index (κ3) is 6.20. The van der Waals surface area contributed by atoms with Gasteiger partial charge in [0, 0.05) is 31.4 Å². The Morgan fingerprint density at radius 2 is 1.91 bits per heavy atom. The maximum atomic E-state index is 14.9. The molecule has 0 bridgehead atoms. The second kappa shape index (κ2) is 11.7. The summed E-state index contributed by atoms with van der Waals surface area (Å²) in [6, 6.07) is 6.82. The SMILES string of the molecule is O=C1CCC(Nc2ccc(N3CC(C#Cc4cnn(C5(C(=O)Nc6ccc(C(F)(F)F)cc6Cl)CCC5)c4)C3)c(F)c2)C(=O)N1. The van der Waals surface area contributed by atoms with Gasteiger partial charge in [-0.2, -0.15) is 18.3 Å². The molecule has 9 nitrogen and oxygen atoms in total. The Morgan fingerprint density at radius 3 is 2.56 bits per heavy atom. The van der Waals surface area contributed by atoms with Gasteiger partial charge in [-0.15, -0.1) is 0 Å². The third-order valence-corrected chi connectivity index (χ3v) is 8.65. The molecule has 3 fully saturated rings. The Kier molecular flexibility index (Phi) is 7.95. The molecule has 1 aliphatic carbocycles. The van der Waals surface area contributed by atoms with E-state index in [2.05, 4.69) is 32.9 Å². The molecule has 1 atom stereocenters. The summed E-state index contributed by atoms with van der Waals surface area (Å²) < 4.78 is 55.4. The van der Waals surface area contributed by atoms with E-state index in [0.717, 1.165) is 24.6 Å². The van der Waals surface area contributed by atoms with E-state index in [1.54, 1.807) is 29.2 Å². The van der Waals surface area contributed by atoms with Gasteiger partial charge in [-0.3, -0.25) is 24.4 Å². The van der Waals surface area contributed by atoms with Crippen molar-refractivity contribution in [2.24, 2.45) is 5.92 Å². The number of imide groups is 1. The zero-order chi connectivity index (χ0) is 31.9. The monoisotopic (exact) mass is 642 g/mol. The number of rotatable bonds is 6. The van der Waals surface area contributed by atoms with Crippen molar-refractivity contribution in [2.45, 2.75) is 49.9 Å². The highest BCUT2D eigenvalue weighted by atomic mass is 35.5. The maximum absolute atomic E-state index is 14.9. The van der Waals surface area contributed by atoms with Crippen LogP contribution in [0.5, 0.6) is 0 Å². The molecule has 2 aromatic carbocycles. The van der Waals surface area contributed by atoms with Crippen LogP contribution < -0.4 is 20.9 Å². The first-order valence-electron chi connectivity index (χ1n) is 14.3. The summed E-state index contributed by atoms with van der Waals surface area (Å²) in [5.74, 6) is 4.60. The summed E-state index contributed by atoms with van der Waals surface area (Å²) in [5, 5.41) is 12.0. The van der Waals surface area contributed by atoms with Crippen LogP contribution in [-0.4, -0.2) is 46.6 Å². The molecule has 3 aliphatic rings. The van der Waals surface area contributed by atoms with Gasteiger partial charge in [0.1, 0.15) is 17.4 Å². The Morgan fingerprint density at radius 1 is 1.13 bits per heavy atom. The van der Waals surface area contributed by atoms with Crippen LogP contribution >= 0.6 is 11.6 Å². The molecule has 3 N–H and O–H groups in total. The quantitative estimate of drug-likeness (QED) is 0.200. The largest absolute Gasteiger partial charge is 0.416 e. The van der Waals surface area contributed by atoms with Crippen LogP contribution in [0.1, 0.15) is 43.2 Å². The molecule has 1 unspecified atom stereocenters. The second-order valence-corrected chi connectivity index (χ2v) is 11.8. The number of anilines is 3. The standard InChI is InChI=1S/C31H27ClF4N6O3/c32-22-12-20(31(34,35)36)4-6-24(22)39-29(45)30(10-1-11-30)42-17-18(14-37-42)2-3-19-15-41(16-19)26-8-5-21(13-23(26)33)38-25-7-9-27(43)40-28(25)44/h4-6,8,12-14,17,19,25,38H,1,7,9-11,15-16H2,(H,39,45)(H,40,43,44). The fourth-order valence-corrected chi connectivity index (χ4v) is 5.79. The number of piperidine rings is 1. The van der Waals surface area contributed by atoms with Gasteiger partial charge in [0.15, 0.2) is 0 Å². The molecule has 234 valence electrons. The molecule has 3 amide bonds. The number of amides is 3. The van der Waals surface area contributed by atoms with Crippen molar-refractivity contribution in [2.75, 3.05) is 28.6 Å². The Bertz CT molecular complexity index is 1740. The topological polar surface area (TPSA) is 108 Å². The third-order valence-electron chi connectivity index (χ3n) is 8.34. The number of hydrogen-bond donors (Lipinski definition) is 3. The van der Waals surface area contributed by atoms with Crippen LogP contribution in [-0.2, 0) is 26.1 Å². The summed E-state index contributed by atoms with van der Waals surface area (Å²) in [6.07, 6.45) is 1.00. The minimum atomic E-state index is -4.55. The summed E-state index contributed by atoms with van der Waals surface area (Å²) in [5.41, 5.74) is -0.373. The van der Waals surface area contributed by atoms with Gasteiger partial charge in [-0.1, -0.05) is 23.4 Å². The van der Waals surface area contributed by atoms with Crippen LogP contribution in [0.25, 0.3) is 0 Å².